The highest BCUT2D eigenvalue weighted by atomic mass is 19.2. The smallest absolute Gasteiger partial charge is 0.243 e. The maximum Gasteiger partial charge on any atom is 0.243 e. The van der Waals surface area contributed by atoms with Crippen molar-refractivity contribution >= 4 is 17.5 Å². The van der Waals surface area contributed by atoms with Crippen LogP contribution in [0.1, 0.15) is 31.7 Å². The van der Waals surface area contributed by atoms with Crippen LogP contribution < -0.4 is 10.6 Å². The van der Waals surface area contributed by atoms with E-state index in [9.17, 15) is 22.8 Å². The van der Waals surface area contributed by atoms with Gasteiger partial charge in [-0.3, -0.25) is 9.59 Å². The number of hydrogen-bond acceptors (Lipinski definition) is 2. The molecular formula is C20H21F3N2O2. The molecular weight excluding hydrogens is 357 g/mol. The van der Waals surface area contributed by atoms with Crippen LogP contribution in [0, 0.1) is 23.4 Å². The molecule has 0 aliphatic carbocycles. The molecule has 0 saturated carbocycles. The van der Waals surface area contributed by atoms with Gasteiger partial charge >= 0.3 is 0 Å². The van der Waals surface area contributed by atoms with Crippen molar-refractivity contribution in [3.63, 3.8) is 0 Å². The molecule has 144 valence electrons. The minimum Gasteiger partial charge on any atom is -0.346 e. The fourth-order valence-corrected chi connectivity index (χ4v) is 2.73. The lowest BCUT2D eigenvalue weighted by molar-refractivity contribution is -0.126. The maximum atomic E-state index is 13.6. The van der Waals surface area contributed by atoms with E-state index >= 15 is 0 Å². The summed E-state index contributed by atoms with van der Waals surface area (Å²) in [4.78, 5) is 24.5. The molecule has 27 heavy (non-hydrogen) atoms. The molecule has 0 aliphatic heterocycles. The SMILES string of the molecule is CC[C@@H](C)[C@@H](C(=O)NCC(=O)Nc1ccc(F)c(F)c1F)c1ccccc1. The van der Waals surface area contributed by atoms with Gasteiger partial charge in [0.05, 0.1) is 18.2 Å². The van der Waals surface area contributed by atoms with Gasteiger partial charge in [0, 0.05) is 0 Å². The lowest BCUT2D eigenvalue weighted by Gasteiger charge is -2.22. The Bertz CT molecular complexity index is 812. The average molecular weight is 378 g/mol. The number of benzene rings is 2. The van der Waals surface area contributed by atoms with Crippen LogP contribution in [0.15, 0.2) is 42.5 Å². The topological polar surface area (TPSA) is 58.2 Å². The van der Waals surface area contributed by atoms with Gasteiger partial charge in [-0.2, -0.15) is 0 Å². The minimum absolute atomic E-state index is 0.0408. The molecule has 2 aromatic rings. The van der Waals surface area contributed by atoms with Crippen molar-refractivity contribution < 1.29 is 22.8 Å². The molecule has 0 heterocycles. The van der Waals surface area contributed by atoms with Crippen molar-refractivity contribution in [1.82, 2.24) is 5.32 Å². The van der Waals surface area contributed by atoms with Crippen LogP contribution in [-0.4, -0.2) is 18.4 Å². The van der Waals surface area contributed by atoms with Crippen molar-refractivity contribution in [1.29, 1.82) is 0 Å². The standard InChI is InChI=1S/C20H21F3N2O2/c1-3-12(2)17(13-7-5-4-6-8-13)20(27)24-11-16(26)25-15-10-9-14(21)18(22)19(15)23/h4-10,12,17H,3,11H2,1-2H3,(H,24,27)(H,25,26)/t12-,17-/m1/s1. The summed E-state index contributed by atoms with van der Waals surface area (Å²) in [5.41, 5.74) is 0.339. The zero-order valence-electron chi connectivity index (χ0n) is 15.1. The number of anilines is 1. The summed E-state index contributed by atoms with van der Waals surface area (Å²) < 4.78 is 39.7. The van der Waals surface area contributed by atoms with Gasteiger partial charge in [-0.25, -0.2) is 13.2 Å². The molecule has 2 amide bonds. The molecule has 0 radical (unpaired) electrons. The molecule has 0 bridgehead atoms. The first-order valence-electron chi connectivity index (χ1n) is 8.61. The van der Waals surface area contributed by atoms with Gasteiger partial charge in [-0.05, 0) is 23.6 Å². The first-order chi connectivity index (χ1) is 12.8. The molecule has 2 rings (SSSR count). The van der Waals surface area contributed by atoms with E-state index in [0.29, 0.717) is 6.07 Å². The Balaban J connectivity index is 2.02. The largest absolute Gasteiger partial charge is 0.346 e. The predicted molar refractivity (Wildman–Crippen MR) is 96.6 cm³/mol. The fourth-order valence-electron chi connectivity index (χ4n) is 2.73. The van der Waals surface area contributed by atoms with E-state index in [4.69, 9.17) is 0 Å². The van der Waals surface area contributed by atoms with Crippen LogP contribution in [0.2, 0.25) is 0 Å². The van der Waals surface area contributed by atoms with Crippen molar-refractivity contribution in [2.24, 2.45) is 5.92 Å². The Morgan fingerprint density at radius 2 is 1.67 bits per heavy atom. The summed E-state index contributed by atoms with van der Waals surface area (Å²) in [5.74, 6) is -5.99. The summed E-state index contributed by atoms with van der Waals surface area (Å²) >= 11 is 0. The zero-order valence-corrected chi connectivity index (χ0v) is 15.1. The molecule has 0 aliphatic rings. The van der Waals surface area contributed by atoms with Gasteiger partial charge < -0.3 is 10.6 Å². The third kappa shape index (κ3) is 5.09. The lowest BCUT2D eigenvalue weighted by Crippen LogP contribution is -2.38. The highest BCUT2D eigenvalue weighted by Crippen LogP contribution is 2.27. The predicted octanol–water partition coefficient (Wildman–Crippen LogP) is 3.99. The number of nitrogens with one attached hydrogen (secondary N) is 2. The molecule has 4 nitrogen and oxygen atoms in total. The van der Waals surface area contributed by atoms with Gasteiger partial charge in [0.1, 0.15) is 0 Å². The fraction of sp³-hybridized carbons (Fsp3) is 0.300. The molecule has 2 atom stereocenters. The number of halogens is 3. The van der Waals surface area contributed by atoms with Crippen molar-refractivity contribution in [3.8, 4) is 0 Å². The third-order valence-electron chi connectivity index (χ3n) is 4.39. The Kier molecular flexibility index (Phi) is 6.98. The molecule has 0 aromatic heterocycles. The monoisotopic (exact) mass is 378 g/mol. The summed E-state index contributed by atoms with van der Waals surface area (Å²) in [6.45, 7) is 3.48. The second kappa shape index (κ2) is 9.21. The first kappa shape index (κ1) is 20.5. The summed E-state index contributed by atoms with van der Waals surface area (Å²) in [7, 11) is 0. The van der Waals surface area contributed by atoms with Crippen molar-refractivity contribution in [3.05, 3.63) is 65.5 Å². The van der Waals surface area contributed by atoms with Crippen LogP contribution in [0.5, 0.6) is 0 Å². The van der Waals surface area contributed by atoms with Gasteiger partial charge in [0.2, 0.25) is 11.8 Å². The maximum absolute atomic E-state index is 13.6. The van der Waals surface area contributed by atoms with E-state index in [1.807, 2.05) is 44.2 Å². The molecule has 0 spiro atoms. The van der Waals surface area contributed by atoms with Gasteiger partial charge in [-0.1, -0.05) is 50.6 Å². The van der Waals surface area contributed by atoms with E-state index < -0.39 is 41.5 Å². The van der Waals surface area contributed by atoms with Crippen molar-refractivity contribution in [2.75, 3.05) is 11.9 Å². The van der Waals surface area contributed by atoms with Crippen molar-refractivity contribution in [2.45, 2.75) is 26.2 Å². The molecule has 2 aromatic carbocycles. The van der Waals surface area contributed by atoms with E-state index in [-0.39, 0.29) is 11.8 Å². The second-order valence-corrected chi connectivity index (χ2v) is 6.26. The van der Waals surface area contributed by atoms with Crippen LogP contribution >= 0.6 is 0 Å². The molecule has 0 fully saturated rings. The number of amides is 2. The molecule has 0 saturated heterocycles. The number of hydrogen-bond donors (Lipinski definition) is 2. The van der Waals surface area contributed by atoms with Gasteiger partial charge in [0.15, 0.2) is 17.5 Å². The van der Waals surface area contributed by atoms with Crippen LogP contribution in [0.25, 0.3) is 0 Å². The summed E-state index contributed by atoms with van der Waals surface area (Å²) in [6, 6.07) is 10.8. The first-order valence-corrected chi connectivity index (χ1v) is 8.61. The Hall–Kier alpha value is -2.83. The van der Waals surface area contributed by atoms with E-state index in [1.54, 1.807) is 0 Å². The Labute approximate surface area is 155 Å². The van der Waals surface area contributed by atoms with Crippen LogP contribution in [-0.2, 0) is 9.59 Å². The zero-order chi connectivity index (χ0) is 20.0. The lowest BCUT2D eigenvalue weighted by atomic mass is 9.85. The van der Waals surface area contributed by atoms with E-state index in [2.05, 4.69) is 10.6 Å². The normalized spacial score (nSPS) is 12.9. The van der Waals surface area contributed by atoms with Crippen LogP contribution in [0.4, 0.5) is 18.9 Å². The summed E-state index contributed by atoms with van der Waals surface area (Å²) in [6.07, 6.45) is 0.763. The van der Waals surface area contributed by atoms with Crippen LogP contribution in [0.3, 0.4) is 0 Å². The number of carbonyl (C=O) groups is 2. The molecule has 0 unspecified atom stereocenters. The highest BCUT2D eigenvalue weighted by molar-refractivity contribution is 5.95. The molecule has 7 heteroatoms. The molecule has 2 N–H and O–H groups in total. The van der Waals surface area contributed by atoms with E-state index in [0.717, 1.165) is 18.1 Å². The average Bonchev–Trinajstić information content (AvgIpc) is 2.67. The second-order valence-electron chi connectivity index (χ2n) is 6.26. The van der Waals surface area contributed by atoms with Gasteiger partial charge in [-0.15, -0.1) is 0 Å². The van der Waals surface area contributed by atoms with E-state index in [1.165, 1.54) is 0 Å². The minimum atomic E-state index is -1.67. The number of rotatable bonds is 7. The highest BCUT2D eigenvalue weighted by Gasteiger charge is 2.26. The Morgan fingerprint density at radius 3 is 2.30 bits per heavy atom. The quantitative estimate of drug-likeness (QED) is 0.716. The van der Waals surface area contributed by atoms with Gasteiger partial charge in [0.25, 0.3) is 0 Å². The summed E-state index contributed by atoms with van der Waals surface area (Å²) in [5, 5.41) is 4.64. The Morgan fingerprint density at radius 1 is 1.00 bits per heavy atom. The third-order valence-corrected chi connectivity index (χ3v) is 4.39. The number of carbonyl (C=O) groups excluding carboxylic acids is 2.